The first-order valence-electron chi connectivity index (χ1n) is 9.01. The lowest BCUT2D eigenvalue weighted by Gasteiger charge is -2.39. The second kappa shape index (κ2) is 6.60. The third-order valence-corrected chi connectivity index (χ3v) is 5.26. The van der Waals surface area contributed by atoms with Crippen molar-refractivity contribution in [2.75, 3.05) is 0 Å². The zero-order valence-corrected chi connectivity index (χ0v) is 14.7. The van der Waals surface area contributed by atoms with Gasteiger partial charge >= 0.3 is 0 Å². The molecule has 0 aliphatic carbocycles. The van der Waals surface area contributed by atoms with Gasteiger partial charge in [0.05, 0.1) is 0 Å². The van der Waals surface area contributed by atoms with E-state index in [0.29, 0.717) is 23.5 Å². The van der Waals surface area contributed by atoms with E-state index in [9.17, 15) is 4.39 Å². The van der Waals surface area contributed by atoms with Crippen LogP contribution in [0.25, 0.3) is 22.6 Å². The van der Waals surface area contributed by atoms with Crippen LogP contribution in [0.15, 0.2) is 46.9 Å². The largest absolute Gasteiger partial charge is 0.436 e. The van der Waals surface area contributed by atoms with Crippen LogP contribution < -0.4 is 0 Å². The van der Waals surface area contributed by atoms with Gasteiger partial charge in [0, 0.05) is 24.2 Å². The number of likely N-dealkylation sites (tertiary alicyclic amines) is 1. The van der Waals surface area contributed by atoms with E-state index in [2.05, 4.69) is 35.9 Å². The van der Waals surface area contributed by atoms with E-state index in [4.69, 9.17) is 4.42 Å². The zero-order valence-electron chi connectivity index (χ0n) is 14.7. The molecule has 0 bridgehead atoms. The highest BCUT2D eigenvalue weighted by atomic mass is 19.1. The molecule has 4 rings (SSSR count). The molecule has 1 aromatic heterocycles. The Morgan fingerprint density at radius 1 is 1.12 bits per heavy atom. The summed E-state index contributed by atoms with van der Waals surface area (Å²) in [5, 5.41) is 0. The average Bonchev–Trinajstić information content (AvgIpc) is 3.02. The first-order valence-corrected chi connectivity index (χ1v) is 9.01. The number of fused-ring (bicyclic) bond motifs is 1. The highest BCUT2D eigenvalue weighted by Gasteiger charge is 2.24. The Labute approximate surface area is 147 Å². The second-order valence-corrected chi connectivity index (χ2v) is 7.13. The molecule has 0 saturated carbocycles. The van der Waals surface area contributed by atoms with Crippen LogP contribution in [-0.2, 0) is 6.54 Å². The van der Waals surface area contributed by atoms with Crippen molar-refractivity contribution in [2.24, 2.45) is 0 Å². The lowest BCUT2D eigenvalue weighted by molar-refractivity contribution is 0.0953. The van der Waals surface area contributed by atoms with Crippen LogP contribution in [-0.4, -0.2) is 22.0 Å². The molecule has 25 heavy (non-hydrogen) atoms. The Kier molecular flexibility index (Phi) is 4.30. The van der Waals surface area contributed by atoms with Gasteiger partial charge in [-0.15, -0.1) is 0 Å². The standard InChI is InChI=1S/C21H23FN2O/c1-14-5-3-6-15(2)24(14)13-16-9-10-20-19(11-16)23-21(25-20)17-7-4-8-18(22)12-17/h4,7-12,14-15H,3,5-6,13H2,1-2H3. The summed E-state index contributed by atoms with van der Waals surface area (Å²) in [6.07, 6.45) is 3.85. The summed E-state index contributed by atoms with van der Waals surface area (Å²) in [6, 6.07) is 13.7. The van der Waals surface area contributed by atoms with Crippen LogP contribution in [0.4, 0.5) is 4.39 Å². The quantitative estimate of drug-likeness (QED) is 0.640. The van der Waals surface area contributed by atoms with Crippen molar-refractivity contribution >= 4 is 11.1 Å². The van der Waals surface area contributed by atoms with Crippen LogP contribution in [0.2, 0.25) is 0 Å². The monoisotopic (exact) mass is 338 g/mol. The van der Waals surface area contributed by atoms with Gasteiger partial charge in [0.2, 0.25) is 5.89 Å². The molecular weight excluding hydrogens is 315 g/mol. The maximum Gasteiger partial charge on any atom is 0.227 e. The van der Waals surface area contributed by atoms with Gasteiger partial charge in [-0.25, -0.2) is 9.37 Å². The molecule has 1 saturated heterocycles. The number of piperidine rings is 1. The Morgan fingerprint density at radius 2 is 1.92 bits per heavy atom. The van der Waals surface area contributed by atoms with Gasteiger partial charge in [-0.2, -0.15) is 0 Å². The molecule has 0 spiro atoms. The van der Waals surface area contributed by atoms with E-state index < -0.39 is 0 Å². The molecule has 1 aliphatic rings. The first-order chi connectivity index (χ1) is 12.1. The summed E-state index contributed by atoms with van der Waals surface area (Å²) in [5.41, 5.74) is 3.47. The van der Waals surface area contributed by atoms with Crippen LogP contribution in [0.3, 0.4) is 0 Å². The Balaban J connectivity index is 1.62. The van der Waals surface area contributed by atoms with Crippen molar-refractivity contribution in [3.05, 3.63) is 53.8 Å². The summed E-state index contributed by atoms with van der Waals surface area (Å²) < 4.78 is 19.2. The topological polar surface area (TPSA) is 29.3 Å². The number of benzene rings is 2. The molecule has 1 aliphatic heterocycles. The molecule has 4 heteroatoms. The molecule has 2 aromatic carbocycles. The molecule has 2 unspecified atom stereocenters. The van der Waals surface area contributed by atoms with Gasteiger partial charge in [-0.3, -0.25) is 4.90 Å². The third-order valence-electron chi connectivity index (χ3n) is 5.26. The molecule has 3 aromatic rings. The third kappa shape index (κ3) is 3.31. The summed E-state index contributed by atoms with van der Waals surface area (Å²) in [6.45, 7) is 5.55. The predicted octanol–water partition coefficient (Wildman–Crippen LogP) is 5.40. The van der Waals surface area contributed by atoms with E-state index in [0.717, 1.165) is 17.6 Å². The molecule has 2 heterocycles. The number of hydrogen-bond donors (Lipinski definition) is 0. The number of halogens is 1. The predicted molar refractivity (Wildman–Crippen MR) is 97.7 cm³/mol. The van der Waals surface area contributed by atoms with E-state index in [1.165, 1.54) is 37.0 Å². The van der Waals surface area contributed by atoms with Crippen molar-refractivity contribution in [1.29, 1.82) is 0 Å². The molecule has 130 valence electrons. The number of rotatable bonds is 3. The van der Waals surface area contributed by atoms with E-state index in [-0.39, 0.29) is 5.82 Å². The average molecular weight is 338 g/mol. The molecule has 0 amide bonds. The van der Waals surface area contributed by atoms with Crippen molar-refractivity contribution in [2.45, 2.75) is 51.7 Å². The van der Waals surface area contributed by atoms with E-state index in [1.54, 1.807) is 6.07 Å². The normalized spacial score (nSPS) is 21.7. The summed E-state index contributed by atoms with van der Waals surface area (Å²) in [5.74, 6) is 0.180. The summed E-state index contributed by atoms with van der Waals surface area (Å²) in [4.78, 5) is 7.13. The van der Waals surface area contributed by atoms with Gasteiger partial charge in [-0.05, 0) is 62.6 Å². The van der Waals surface area contributed by atoms with Crippen molar-refractivity contribution in [3.8, 4) is 11.5 Å². The maximum atomic E-state index is 13.4. The first kappa shape index (κ1) is 16.3. The van der Waals surface area contributed by atoms with Crippen LogP contribution in [0.1, 0.15) is 38.7 Å². The smallest absolute Gasteiger partial charge is 0.227 e. The minimum absolute atomic E-state index is 0.284. The fraction of sp³-hybridized carbons (Fsp3) is 0.381. The Bertz CT molecular complexity index is 878. The molecular formula is C21H23FN2O. The van der Waals surface area contributed by atoms with Gasteiger partial charge < -0.3 is 4.42 Å². The molecule has 1 fully saturated rings. The highest BCUT2D eigenvalue weighted by Crippen LogP contribution is 2.28. The molecule has 3 nitrogen and oxygen atoms in total. The number of nitrogens with zero attached hydrogens (tertiary/aromatic N) is 2. The highest BCUT2D eigenvalue weighted by molar-refractivity contribution is 5.76. The lowest BCUT2D eigenvalue weighted by Crippen LogP contribution is -2.42. The zero-order chi connectivity index (χ0) is 17.4. The van der Waals surface area contributed by atoms with Gasteiger partial charge in [0.15, 0.2) is 5.58 Å². The molecule has 0 radical (unpaired) electrons. The van der Waals surface area contributed by atoms with Gasteiger partial charge in [0.1, 0.15) is 11.3 Å². The van der Waals surface area contributed by atoms with Crippen molar-refractivity contribution in [1.82, 2.24) is 9.88 Å². The Hall–Kier alpha value is -2.20. The number of oxazole rings is 1. The minimum atomic E-state index is -0.284. The van der Waals surface area contributed by atoms with E-state index in [1.807, 2.05) is 12.1 Å². The number of aromatic nitrogens is 1. The van der Waals surface area contributed by atoms with Gasteiger partial charge in [0.25, 0.3) is 0 Å². The van der Waals surface area contributed by atoms with Crippen LogP contribution in [0, 0.1) is 5.82 Å². The Morgan fingerprint density at radius 3 is 2.68 bits per heavy atom. The minimum Gasteiger partial charge on any atom is -0.436 e. The van der Waals surface area contributed by atoms with Crippen LogP contribution in [0.5, 0.6) is 0 Å². The van der Waals surface area contributed by atoms with Crippen LogP contribution >= 0.6 is 0 Å². The fourth-order valence-corrected chi connectivity index (χ4v) is 3.81. The summed E-state index contributed by atoms with van der Waals surface area (Å²) >= 11 is 0. The molecule has 2 atom stereocenters. The lowest BCUT2D eigenvalue weighted by atomic mass is 9.97. The summed E-state index contributed by atoms with van der Waals surface area (Å²) in [7, 11) is 0. The fourth-order valence-electron chi connectivity index (χ4n) is 3.81. The molecule has 0 N–H and O–H groups in total. The number of hydrogen-bond acceptors (Lipinski definition) is 3. The van der Waals surface area contributed by atoms with Crippen molar-refractivity contribution in [3.63, 3.8) is 0 Å². The second-order valence-electron chi connectivity index (χ2n) is 7.13. The SMILES string of the molecule is CC1CCCC(C)N1Cc1ccc2oc(-c3cccc(F)c3)nc2c1. The van der Waals surface area contributed by atoms with E-state index >= 15 is 0 Å². The maximum absolute atomic E-state index is 13.4. The van der Waals surface area contributed by atoms with Gasteiger partial charge in [-0.1, -0.05) is 18.6 Å². The van der Waals surface area contributed by atoms with Crippen molar-refractivity contribution < 1.29 is 8.81 Å².